The summed E-state index contributed by atoms with van der Waals surface area (Å²) in [5.74, 6) is 0.564. The average Bonchev–Trinajstić information content (AvgIpc) is 2.25. The zero-order valence-corrected chi connectivity index (χ0v) is 7.90. The molecule has 1 aromatic carbocycles. The molecule has 0 unspecified atom stereocenters. The topological polar surface area (TPSA) is 53.2 Å². The van der Waals surface area contributed by atoms with E-state index in [9.17, 15) is 0 Å². The fourth-order valence-corrected chi connectivity index (χ4v) is 1.11. The Morgan fingerprint density at radius 3 is 2.93 bits per heavy atom. The van der Waals surface area contributed by atoms with Crippen LogP contribution in [0.3, 0.4) is 0 Å². The Balaban J connectivity index is 3.03. The molecule has 0 aromatic heterocycles. The van der Waals surface area contributed by atoms with Crippen LogP contribution < -0.4 is 4.74 Å². The number of methoxy groups -OCH3 is 1. The van der Waals surface area contributed by atoms with Gasteiger partial charge in [0, 0.05) is 0 Å². The van der Waals surface area contributed by atoms with E-state index >= 15 is 0 Å². The standard InChI is InChI=1S/C11H11NO2/c1-14-11-5-4-9(3-2-6-13)7-10(11)8-12/h2-5,7,13H,6H2,1H3. The van der Waals surface area contributed by atoms with Gasteiger partial charge in [-0.3, -0.25) is 0 Å². The molecular weight excluding hydrogens is 178 g/mol. The molecular formula is C11H11NO2. The minimum absolute atomic E-state index is 0.00604. The van der Waals surface area contributed by atoms with Crippen LogP contribution in [-0.4, -0.2) is 18.8 Å². The first kappa shape index (κ1) is 10.3. The minimum Gasteiger partial charge on any atom is -0.495 e. The van der Waals surface area contributed by atoms with E-state index in [0.717, 1.165) is 5.56 Å². The van der Waals surface area contributed by atoms with Gasteiger partial charge >= 0.3 is 0 Å². The summed E-state index contributed by atoms with van der Waals surface area (Å²) in [6, 6.07) is 7.31. The molecule has 1 N–H and O–H groups in total. The first-order chi connectivity index (χ1) is 6.81. The molecule has 0 saturated carbocycles. The number of benzene rings is 1. The summed E-state index contributed by atoms with van der Waals surface area (Å²) in [6.45, 7) is -0.00604. The molecule has 72 valence electrons. The largest absolute Gasteiger partial charge is 0.495 e. The van der Waals surface area contributed by atoms with Crippen molar-refractivity contribution in [1.82, 2.24) is 0 Å². The Bertz CT molecular complexity index is 377. The van der Waals surface area contributed by atoms with Gasteiger partial charge in [0.15, 0.2) is 0 Å². The van der Waals surface area contributed by atoms with E-state index in [1.165, 1.54) is 7.11 Å². The number of hydrogen-bond acceptors (Lipinski definition) is 3. The van der Waals surface area contributed by atoms with Crippen LogP contribution in [0.2, 0.25) is 0 Å². The Hall–Kier alpha value is -1.79. The van der Waals surface area contributed by atoms with Crippen molar-refractivity contribution in [2.24, 2.45) is 0 Å². The van der Waals surface area contributed by atoms with Crippen LogP contribution in [0.15, 0.2) is 24.3 Å². The second-order valence-electron chi connectivity index (χ2n) is 2.66. The molecule has 1 aromatic rings. The number of rotatable bonds is 3. The third kappa shape index (κ3) is 2.35. The van der Waals surface area contributed by atoms with Gasteiger partial charge in [-0.2, -0.15) is 5.26 Å². The fourth-order valence-electron chi connectivity index (χ4n) is 1.11. The molecule has 1 rings (SSSR count). The second kappa shape index (κ2) is 5.05. The first-order valence-electron chi connectivity index (χ1n) is 4.17. The van der Waals surface area contributed by atoms with E-state index in [-0.39, 0.29) is 6.61 Å². The van der Waals surface area contributed by atoms with Crippen LogP contribution in [0, 0.1) is 11.3 Å². The average molecular weight is 189 g/mol. The van der Waals surface area contributed by atoms with Crippen molar-refractivity contribution in [2.45, 2.75) is 0 Å². The van der Waals surface area contributed by atoms with Crippen molar-refractivity contribution in [3.63, 3.8) is 0 Å². The normalized spacial score (nSPS) is 10.1. The van der Waals surface area contributed by atoms with Crippen LogP contribution >= 0.6 is 0 Å². The Labute approximate surface area is 82.9 Å². The van der Waals surface area contributed by atoms with E-state index < -0.39 is 0 Å². The molecule has 0 aliphatic carbocycles. The van der Waals surface area contributed by atoms with Crippen molar-refractivity contribution in [2.75, 3.05) is 13.7 Å². The number of ether oxygens (including phenoxy) is 1. The van der Waals surface area contributed by atoms with E-state index in [0.29, 0.717) is 11.3 Å². The lowest BCUT2D eigenvalue weighted by Crippen LogP contribution is -1.88. The maximum absolute atomic E-state index is 8.80. The predicted octanol–water partition coefficient (Wildman–Crippen LogP) is 1.57. The van der Waals surface area contributed by atoms with Gasteiger partial charge in [0.2, 0.25) is 0 Å². The van der Waals surface area contributed by atoms with Crippen LogP contribution in [-0.2, 0) is 0 Å². The van der Waals surface area contributed by atoms with Crippen molar-refractivity contribution >= 4 is 6.08 Å². The lowest BCUT2D eigenvalue weighted by molar-refractivity contribution is 0.343. The Morgan fingerprint density at radius 2 is 2.36 bits per heavy atom. The summed E-state index contributed by atoms with van der Waals surface area (Å²) in [5.41, 5.74) is 1.36. The highest BCUT2D eigenvalue weighted by Crippen LogP contribution is 2.19. The molecule has 0 aliphatic heterocycles. The number of aliphatic hydroxyl groups is 1. The van der Waals surface area contributed by atoms with Crippen LogP contribution in [0.5, 0.6) is 5.75 Å². The van der Waals surface area contributed by atoms with E-state index in [1.807, 2.05) is 12.1 Å². The summed E-state index contributed by atoms with van der Waals surface area (Å²) in [4.78, 5) is 0. The number of hydrogen-bond donors (Lipinski definition) is 1. The van der Waals surface area contributed by atoms with Crippen molar-refractivity contribution in [1.29, 1.82) is 5.26 Å². The van der Waals surface area contributed by atoms with E-state index in [1.54, 1.807) is 24.3 Å². The SMILES string of the molecule is COc1ccc(C=CCO)cc1C#N. The van der Waals surface area contributed by atoms with Gasteiger partial charge in [-0.05, 0) is 17.7 Å². The molecule has 14 heavy (non-hydrogen) atoms. The zero-order chi connectivity index (χ0) is 10.4. The Kier molecular flexibility index (Phi) is 3.71. The minimum atomic E-state index is -0.00604. The predicted molar refractivity (Wildman–Crippen MR) is 53.8 cm³/mol. The number of nitriles is 1. The van der Waals surface area contributed by atoms with Gasteiger partial charge in [-0.25, -0.2) is 0 Å². The molecule has 0 atom stereocenters. The third-order valence-corrected chi connectivity index (χ3v) is 1.76. The zero-order valence-electron chi connectivity index (χ0n) is 7.90. The molecule has 0 fully saturated rings. The summed E-state index contributed by atoms with van der Waals surface area (Å²) >= 11 is 0. The molecule has 0 aliphatic rings. The quantitative estimate of drug-likeness (QED) is 0.785. The van der Waals surface area contributed by atoms with Gasteiger partial charge < -0.3 is 9.84 Å². The van der Waals surface area contributed by atoms with Gasteiger partial charge in [-0.1, -0.05) is 18.2 Å². The van der Waals surface area contributed by atoms with Gasteiger partial charge in [0.05, 0.1) is 19.3 Å². The molecule has 0 bridgehead atoms. The van der Waals surface area contributed by atoms with Gasteiger partial charge in [0.1, 0.15) is 11.8 Å². The summed E-state index contributed by atoms with van der Waals surface area (Å²) in [7, 11) is 1.53. The molecule has 0 spiro atoms. The molecule has 0 heterocycles. The van der Waals surface area contributed by atoms with Crippen LogP contribution in [0.25, 0.3) is 6.08 Å². The maximum atomic E-state index is 8.80. The highest BCUT2D eigenvalue weighted by Gasteiger charge is 2.01. The number of nitrogens with zero attached hydrogens (tertiary/aromatic N) is 1. The highest BCUT2D eigenvalue weighted by atomic mass is 16.5. The summed E-state index contributed by atoms with van der Waals surface area (Å²) in [5, 5.41) is 17.4. The van der Waals surface area contributed by atoms with Crippen LogP contribution in [0.4, 0.5) is 0 Å². The maximum Gasteiger partial charge on any atom is 0.136 e. The van der Waals surface area contributed by atoms with Crippen LogP contribution in [0.1, 0.15) is 11.1 Å². The van der Waals surface area contributed by atoms with Crippen molar-refractivity contribution in [3.8, 4) is 11.8 Å². The van der Waals surface area contributed by atoms with Crippen molar-refractivity contribution in [3.05, 3.63) is 35.4 Å². The molecule has 0 radical (unpaired) electrons. The van der Waals surface area contributed by atoms with E-state index in [4.69, 9.17) is 15.1 Å². The molecule has 0 saturated heterocycles. The van der Waals surface area contributed by atoms with Crippen molar-refractivity contribution < 1.29 is 9.84 Å². The monoisotopic (exact) mass is 189 g/mol. The lowest BCUT2D eigenvalue weighted by atomic mass is 10.1. The van der Waals surface area contributed by atoms with Gasteiger partial charge in [-0.15, -0.1) is 0 Å². The third-order valence-electron chi connectivity index (χ3n) is 1.76. The fraction of sp³-hybridized carbons (Fsp3) is 0.182. The smallest absolute Gasteiger partial charge is 0.136 e. The lowest BCUT2D eigenvalue weighted by Gasteiger charge is -2.02. The summed E-state index contributed by atoms with van der Waals surface area (Å²) < 4.78 is 5.00. The molecule has 0 amide bonds. The van der Waals surface area contributed by atoms with Gasteiger partial charge in [0.25, 0.3) is 0 Å². The van der Waals surface area contributed by atoms with E-state index in [2.05, 4.69) is 0 Å². The Morgan fingerprint density at radius 1 is 1.57 bits per heavy atom. The first-order valence-corrected chi connectivity index (χ1v) is 4.17. The highest BCUT2D eigenvalue weighted by molar-refractivity contribution is 5.56. The summed E-state index contributed by atoms with van der Waals surface area (Å²) in [6.07, 6.45) is 3.36. The second-order valence-corrected chi connectivity index (χ2v) is 2.66. The molecule has 3 heteroatoms. The molecule has 3 nitrogen and oxygen atoms in total. The number of aliphatic hydroxyl groups excluding tert-OH is 1.